The van der Waals surface area contributed by atoms with Crippen LogP contribution in [0.15, 0.2) is 42.7 Å². The van der Waals surface area contributed by atoms with Gasteiger partial charge in [0.05, 0.1) is 5.92 Å². The molecule has 1 saturated heterocycles. The van der Waals surface area contributed by atoms with E-state index in [0.717, 1.165) is 18.5 Å². The van der Waals surface area contributed by atoms with E-state index in [9.17, 15) is 9.18 Å². The fourth-order valence-electron chi connectivity index (χ4n) is 2.55. The Morgan fingerprint density at radius 3 is 2.73 bits per heavy atom. The molecule has 1 amide bonds. The molecule has 1 aliphatic heterocycles. The van der Waals surface area contributed by atoms with Crippen LogP contribution in [0.5, 0.6) is 0 Å². The molecule has 0 aliphatic carbocycles. The third-order valence-corrected chi connectivity index (χ3v) is 3.77. The minimum Gasteiger partial charge on any atom is -0.352 e. The Hall–Kier alpha value is -2.50. The second kappa shape index (κ2) is 6.51. The van der Waals surface area contributed by atoms with Gasteiger partial charge in [-0.2, -0.15) is 0 Å². The molecule has 2 aromatic rings. The average molecular weight is 300 g/mol. The van der Waals surface area contributed by atoms with Crippen molar-refractivity contribution in [1.29, 1.82) is 0 Å². The van der Waals surface area contributed by atoms with E-state index in [-0.39, 0.29) is 17.6 Å². The van der Waals surface area contributed by atoms with Crippen LogP contribution < -0.4 is 10.2 Å². The van der Waals surface area contributed by atoms with E-state index in [0.29, 0.717) is 19.0 Å². The third kappa shape index (κ3) is 3.39. The van der Waals surface area contributed by atoms with Gasteiger partial charge in [0.25, 0.3) is 0 Å². The van der Waals surface area contributed by atoms with Crippen LogP contribution >= 0.6 is 0 Å². The van der Waals surface area contributed by atoms with Crippen molar-refractivity contribution in [1.82, 2.24) is 15.3 Å². The lowest BCUT2D eigenvalue weighted by atomic mass is 10.1. The van der Waals surface area contributed by atoms with Crippen molar-refractivity contribution in [3.05, 3.63) is 54.1 Å². The van der Waals surface area contributed by atoms with E-state index >= 15 is 0 Å². The highest BCUT2D eigenvalue weighted by Crippen LogP contribution is 2.20. The molecule has 0 saturated carbocycles. The smallest absolute Gasteiger partial charge is 0.225 e. The second-order valence-electron chi connectivity index (χ2n) is 5.32. The maximum atomic E-state index is 12.8. The summed E-state index contributed by atoms with van der Waals surface area (Å²) in [6.45, 7) is 1.81. The Morgan fingerprint density at radius 2 is 2.00 bits per heavy atom. The highest BCUT2D eigenvalue weighted by molar-refractivity contribution is 5.79. The number of anilines is 1. The normalized spacial score (nSPS) is 17.5. The number of rotatable bonds is 4. The molecule has 1 aliphatic rings. The van der Waals surface area contributed by atoms with Gasteiger partial charge in [0.1, 0.15) is 5.82 Å². The Morgan fingerprint density at radius 1 is 1.27 bits per heavy atom. The van der Waals surface area contributed by atoms with Gasteiger partial charge in [-0.3, -0.25) is 4.79 Å². The summed E-state index contributed by atoms with van der Waals surface area (Å²) in [6.07, 6.45) is 4.18. The van der Waals surface area contributed by atoms with Gasteiger partial charge in [-0.1, -0.05) is 12.1 Å². The first kappa shape index (κ1) is 14.4. The fraction of sp³-hybridized carbons (Fsp3) is 0.312. The molecule has 1 unspecified atom stereocenters. The number of benzene rings is 1. The molecule has 2 heterocycles. The molecule has 0 spiro atoms. The van der Waals surface area contributed by atoms with Gasteiger partial charge in [-0.05, 0) is 30.2 Å². The number of hydrogen-bond acceptors (Lipinski definition) is 4. The van der Waals surface area contributed by atoms with Crippen LogP contribution in [0.2, 0.25) is 0 Å². The molecule has 1 aromatic carbocycles. The molecule has 1 atom stereocenters. The van der Waals surface area contributed by atoms with Crippen molar-refractivity contribution < 1.29 is 9.18 Å². The summed E-state index contributed by atoms with van der Waals surface area (Å²) in [7, 11) is 0. The zero-order valence-electron chi connectivity index (χ0n) is 12.1. The standard InChI is InChI=1S/C16H17FN4O/c17-14-4-2-12(3-5-14)10-20-15(22)13-6-9-21(11-13)16-18-7-1-8-19-16/h1-5,7-8,13H,6,9-11H2,(H,20,22). The first-order valence-corrected chi connectivity index (χ1v) is 7.26. The van der Waals surface area contributed by atoms with Gasteiger partial charge in [-0.15, -0.1) is 0 Å². The Balaban J connectivity index is 1.52. The average Bonchev–Trinajstić information content (AvgIpc) is 3.05. The van der Waals surface area contributed by atoms with Crippen LogP contribution in [0.1, 0.15) is 12.0 Å². The molecule has 6 heteroatoms. The molecule has 1 aromatic heterocycles. The van der Waals surface area contributed by atoms with Crippen molar-refractivity contribution in [2.45, 2.75) is 13.0 Å². The maximum absolute atomic E-state index is 12.8. The van der Waals surface area contributed by atoms with Crippen molar-refractivity contribution in [3.8, 4) is 0 Å². The molecule has 1 fully saturated rings. The van der Waals surface area contributed by atoms with E-state index < -0.39 is 0 Å². The van der Waals surface area contributed by atoms with Crippen molar-refractivity contribution in [3.63, 3.8) is 0 Å². The van der Waals surface area contributed by atoms with Gasteiger partial charge < -0.3 is 10.2 Å². The van der Waals surface area contributed by atoms with Crippen molar-refractivity contribution in [2.75, 3.05) is 18.0 Å². The first-order valence-electron chi connectivity index (χ1n) is 7.26. The minimum atomic E-state index is -0.274. The summed E-state index contributed by atoms with van der Waals surface area (Å²) >= 11 is 0. The summed E-state index contributed by atoms with van der Waals surface area (Å²) in [4.78, 5) is 22.6. The lowest BCUT2D eigenvalue weighted by molar-refractivity contribution is -0.124. The number of halogens is 1. The Labute approximate surface area is 128 Å². The van der Waals surface area contributed by atoms with Crippen LogP contribution in [-0.2, 0) is 11.3 Å². The molecule has 0 bridgehead atoms. The molecule has 0 radical (unpaired) electrons. The number of aromatic nitrogens is 2. The molecular formula is C16H17FN4O. The number of nitrogens with one attached hydrogen (secondary N) is 1. The summed E-state index contributed by atoms with van der Waals surface area (Å²) in [6, 6.07) is 7.91. The monoisotopic (exact) mass is 300 g/mol. The predicted molar refractivity (Wildman–Crippen MR) is 80.6 cm³/mol. The largest absolute Gasteiger partial charge is 0.352 e. The summed E-state index contributed by atoms with van der Waals surface area (Å²) < 4.78 is 12.8. The highest BCUT2D eigenvalue weighted by Gasteiger charge is 2.29. The number of carbonyl (C=O) groups excluding carboxylic acids is 1. The van der Waals surface area contributed by atoms with Gasteiger partial charge in [-0.25, -0.2) is 14.4 Å². The van der Waals surface area contributed by atoms with E-state index in [2.05, 4.69) is 15.3 Å². The summed E-state index contributed by atoms with van der Waals surface area (Å²) in [5.41, 5.74) is 0.885. The fourth-order valence-corrected chi connectivity index (χ4v) is 2.55. The summed E-state index contributed by atoms with van der Waals surface area (Å²) in [5, 5.41) is 2.90. The molecule has 1 N–H and O–H groups in total. The van der Waals surface area contributed by atoms with E-state index in [1.165, 1.54) is 12.1 Å². The van der Waals surface area contributed by atoms with E-state index in [1.807, 2.05) is 4.90 Å². The van der Waals surface area contributed by atoms with Crippen molar-refractivity contribution >= 4 is 11.9 Å². The SMILES string of the molecule is O=C(NCc1ccc(F)cc1)C1CCN(c2ncccn2)C1. The van der Waals surface area contributed by atoms with E-state index in [4.69, 9.17) is 0 Å². The first-order chi connectivity index (χ1) is 10.7. The molecule has 22 heavy (non-hydrogen) atoms. The van der Waals surface area contributed by atoms with Crippen molar-refractivity contribution in [2.24, 2.45) is 5.92 Å². The third-order valence-electron chi connectivity index (χ3n) is 3.77. The quantitative estimate of drug-likeness (QED) is 0.935. The Kier molecular flexibility index (Phi) is 4.27. The van der Waals surface area contributed by atoms with Crippen LogP contribution in [0.3, 0.4) is 0 Å². The van der Waals surface area contributed by atoms with E-state index in [1.54, 1.807) is 30.6 Å². The summed E-state index contributed by atoms with van der Waals surface area (Å²) in [5.74, 6) is 0.340. The van der Waals surface area contributed by atoms with Crippen LogP contribution in [0.4, 0.5) is 10.3 Å². The number of amides is 1. The number of hydrogen-bond donors (Lipinski definition) is 1. The minimum absolute atomic E-state index is 0.0164. The lowest BCUT2D eigenvalue weighted by Gasteiger charge is -2.15. The van der Waals surface area contributed by atoms with Gasteiger partial charge in [0.15, 0.2) is 0 Å². The van der Waals surface area contributed by atoms with Crippen LogP contribution in [0.25, 0.3) is 0 Å². The highest BCUT2D eigenvalue weighted by atomic mass is 19.1. The van der Waals surface area contributed by atoms with Gasteiger partial charge in [0.2, 0.25) is 11.9 Å². The van der Waals surface area contributed by atoms with Crippen LogP contribution in [-0.4, -0.2) is 29.0 Å². The molecule has 114 valence electrons. The lowest BCUT2D eigenvalue weighted by Crippen LogP contribution is -2.32. The second-order valence-corrected chi connectivity index (χ2v) is 5.32. The zero-order valence-corrected chi connectivity index (χ0v) is 12.1. The number of carbonyl (C=O) groups is 1. The van der Waals surface area contributed by atoms with Crippen LogP contribution in [0, 0.1) is 11.7 Å². The van der Waals surface area contributed by atoms with Gasteiger partial charge in [0, 0.05) is 32.0 Å². The number of nitrogens with zero attached hydrogens (tertiary/aromatic N) is 3. The molecule has 3 rings (SSSR count). The predicted octanol–water partition coefficient (Wildman–Crippen LogP) is 1.76. The maximum Gasteiger partial charge on any atom is 0.225 e. The topological polar surface area (TPSA) is 58.1 Å². The molecule has 5 nitrogen and oxygen atoms in total. The Bertz CT molecular complexity index is 632. The van der Waals surface area contributed by atoms with Gasteiger partial charge >= 0.3 is 0 Å². The molecular weight excluding hydrogens is 283 g/mol. The zero-order chi connectivity index (χ0) is 15.4.